The Bertz CT molecular complexity index is 1050. The lowest BCUT2D eigenvalue weighted by Crippen LogP contribution is -2.31. The molecular formula is C25H25FO3S. The number of fused-ring (bicyclic) bond motifs is 1. The molecule has 0 aromatic heterocycles. The standard InChI is InChI=1S/C25H25FO3S/c1-15-12-16(8-11-21(15)26)24-19-6-4-5-7-22(19)30-25(2,3)20(24)10-9-18-13-17(27)14-23(28)29-18/h4-12,17-18,27H,13-14H2,1-3H3/b10-9+/t17-,18-/m1/s1. The lowest BCUT2D eigenvalue weighted by molar-refractivity contribution is -0.156. The molecule has 0 unspecified atom stereocenters. The second kappa shape index (κ2) is 8.05. The number of ether oxygens (including phenoxy) is 1. The van der Waals surface area contributed by atoms with Gasteiger partial charge in [-0.25, -0.2) is 4.39 Å². The lowest BCUT2D eigenvalue weighted by Gasteiger charge is -2.35. The number of thioether (sulfide) groups is 1. The van der Waals surface area contributed by atoms with E-state index in [4.69, 9.17) is 4.74 Å². The fraction of sp³-hybridized carbons (Fsp3) is 0.320. The summed E-state index contributed by atoms with van der Waals surface area (Å²) in [6.07, 6.45) is 3.17. The summed E-state index contributed by atoms with van der Waals surface area (Å²) in [4.78, 5) is 12.9. The summed E-state index contributed by atoms with van der Waals surface area (Å²) in [5, 5.41) is 9.92. The first-order valence-electron chi connectivity index (χ1n) is 10.1. The minimum Gasteiger partial charge on any atom is -0.458 e. The monoisotopic (exact) mass is 424 g/mol. The van der Waals surface area contributed by atoms with Crippen molar-refractivity contribution in [2.75, 3.05) is 0 Å². The van der Waals surface area contributed by atoms with Crippen molar-refractivity contribution in [3.05, 3.63) is 82.7 Å². The number of halogens is 1. The normalized spacial score (nSPS) is 23.4. The third-order valence-corrected chi connectivity index (χ3v) is 6.86. The highest BCUT2D eigenvalue weighted by Crippen LogP contribution is 2.51. The van der Waals surface area contributed by atoms with Crippen LogP contribution in [-0.4, -0.2) is 28.0 Å². The summed E-state index contributed by atoms with van der Waals surface area (Å²) in [6.45, 7) is 6.09. The topological polar surface area (TPSA) is 46.5 Å². The predicted octanol–water partition coefficient (Wildman–Crippen LogP) is 5.44. The first-order valence-corrected chi connectivity index (χ1v) is 10.9. The van der Waals surface area contributed by atoms with Gasteiger partial charge in [-0.2, -0.15) is 0 Å². The first kappa shape index (κ1) is 20.9. The van der Waals surface area contributed by atoms with Crippen LogP contribution in [0.25, 0.3) is 5.57 Å². The number of aryl methyl sites for hydroxylation is 1. The third kappa shape index (κ3) is 4.09. The molecule has 2 aromatic carbocycles. The van der Waals surface area contributed by atoms with Crippen molar-refractivity contribution in [2.24, 2.45) is 0 Å². The van der Waals surface area contributed by atoms with E-state index in [1.165, 1.54) is 11.0 Å². The fourth-order valence-corrected chi connectivity index (χ4v) is 5.32. The highest BCUT2D eigenvalue weighted by atomic mass is 32.2. The van der Waals surface area contributed by atoms with Crippen LogP contribution in [0.3, 0.4) is 0 Å². The number of aliphatic hydroxyl groups excluding tert-OH is 1. The SMILES string of the molecule is Cc1cc(C2=C(/C=C/[C@@H]3C[C@@H](O)CC(=O)O3)C(C)(C)Sc3ccccc32)ccc1F. The van der Waals surface area contributed by atoms with Gasteiger partial charge in [-0.05, 0) is 72.9 Å². The van der Waals surface area contributed by atoms with Gasteiger partial charge in [-0.1, -0.05) is 30.3 Å². The van der Waals surface area contributed by atoms with Gasteiger partial charge in [0.25, 0.3) is 0 Å². The Morgan fingerprint density at radius 1 is 1.23 bits per heavy atom. The van der Waals surface area contributed by atoms with Crippen LogP contribution in [0.5, 0.6) is 0 Å². The van der Waals surface area contributed by atoms with E-state index in [1.807, 2.05) is 36.4 Å². The van der Waals surface area contributed by atoms with Crippen LogP contribution in [0.15, 0.2) is 65.1 Å². The molecule has 2 atom stereocenters. The number of benzene rings is 2. The summed E-state index contributed by atoms with van der Waals surface area (Å²) in [5.74, 6) is -0.605. The lowest BCUT2D eigenvalue weighted by atomic mass is 9.85. The van der Waals surface area contributed by atoms with E-state index < -0.39 is 12.2 Å². The van der Waals surface area contributed by atoms with E-state index in [0.29, 0.717) is 12.0 Å². The molecule has 1 N–H and O–H groups in total. The van der Waals surface area contributed by atoms with Crippen molar-refractivity contribution in [2.45, 2.75) is 55.5 Å². The van der Waals surface area contributed by atoms with Gasteiger partial charge in [0.2, 0.25) is 0 Å². The molecule has 0 aliphatic carbocycles. The minimum atomic E-state index is -0.677. The van der Waals surface area contributed by atoms with Crippen molar-refractivity contribution in [1.29, 1.82) is 0 Å². The minimum absolute atomic E-state index is 0.0435. The zero-order valence-electron chi connectivity index (χ0n) is 17.3. The molecule has 0 radical (unpaired) electrons. The molecule has 1 saturated heterocycles. The van der Waals surface area contributed by atoms with Crippen LogP contribution in [0.1, 0.15) is 43.4 Å². The Hall–Kier alpha value is -2.37. The second-order valence-corrected chi connectivity index (χ2v) is 10.0. The van der Waals surface area contributed by atoms with Gasteiger partial charge in [0, 0.05) is 16.1 Å². The molecule has 5 heteroatoms. The van der Waals surface area contributed by atoms with Crippen molar-refractivity contribution in [3.8, 4) is 0 Å². The molecule has 2 aliphatic rings. The van der Waals surface area contributed by atoms with Gasteiger partial charge in [0.1, 0.15) is 11.9 Å². The Labute approximate surface area is 180 Å². The van der Waals surface area contributed by atoms with Crippen LogP contribution < -0.4 is 0 Å². The Morgan fingerprint density at radius 3 is 2.73 bits per heavy atom. The van der Waals surface area contributed by atoms with E-state index in [1.54, 1.807) is 18.7 Å². The van der Waals surface area contributed by atoms with Crippen LogP contribution >= 0.6 is 11.8 Å². The molecule has 2 heterocycles. The number of aliphatic hydroxyl groups is 1. The van der Waals surface area contributed by atoms with Crippen molar-refractivity contribution >= 4 is 23.3 Å². The Kier molecular flexibility index (Phi) is 5.60. The fourth-order valence-electron chi connectivity index (χ4n) is 4.06. The summed E-state index contributed by atoms with van der Waals surface area (Å²) >= 11 is 1.78. The molecule has 0 saturated carbocycles. The molecule has 0 amide bonds. The number of allylic oxidation sites excluding steroid dienone is 1. The van der Waals surface area contributed by atoms with Gasteiger partial charge in [0.05, 0.1) is 12.5 Å². The molecule has 2 aromatic rings. The molecular weight excluding hydrogens is 399 g/mol. The summed E-state index contributed by atoms with van der Waals surface area (Å²) in [7, 11) is 0. The molecule has 3 nitrogen and oxygen atoms in total. The van der Waals surface area contributed by atoms with Crippen LogP contribution in [0, 0.1) is 12.7 Å². The van der Waals surface area contributed by atoms with E-state index in [2.05, 4.69) is 26.0 Å². The Balaban J connectivity index is 1.86. The van der Waals surface area contributed by atoms with Crippen molar-refractivity contribution < 1.29 is 19.0 Å². The van der Waals surface area contributed by atoms with E-state index >= 15 is 0 Å². The first-order chi connectivity index (χ1) is 14.2. The zero-order valence-corrected chi connectivity index (χ0v) is 18.1. The van der Waals surface area contributed by atoms with E-state index in [0.717, 1.165) is 22.3 Å². The highest BCUT2D eigenvalue weighted by Gasteiger charge is 2.34. The van der Waals surface area contributed by atoms with Crippen LogP contribution in [-0.2, 0) is 9.53 Å². The third-order valence-electron chi connectivity index (χ3n) is 5.55. The van der Waals surface area contributed by atoms with Crippen LogP contribution in [0.4, 0.5) is 4.39 Å². The molecule has 156 valence electrons. The van der Waals surface area contributed by atoms with Gasteiger partial charge >= 0.3 is 5.97 Å². The summed E-state index contributed by atoms with van der Waals surface area (Å²) in [5.41, 5.74) is 4.79. The van der Waals surface area contributed by atoms with E-state index in [9.17, 15) is 14.3 Å². The van der Waals surface area contributed by atoms with Gasteiger partial charge < -0.3 is 9.84 Å². The van der Waals surface area contributed by atoms with Crippen LogP contribution in [0.2, 0.25) is 0 Å². The van der Waals surface area contributed by atoms with E-state index in [-0.39, 0.29) is 23.0 Å². The molecule has 4 rings (SSSR count). The molecule has 0 spiro atoms. The van der Waals surface area contributed by atoms with Gasteiger partial charge in [-0.15, -0.1) is 11.8 Å². The smallest absolute Gasteiger partial charge is 0.309 e. The number of carbonyl (C=O) groups is 1. The van der Waals surface area contributed by atoms with Gasteiger partial charge in [-0.3, -0.25) is 4.79 Å². The van der Waals surface area contributed by atoms with Gasteiger partial charge in [0.15, 0.2) is 0 Å². The number of cyclic esters (lactones) is 1. The largest absolute Gasteiger partial charge is 0.458 e. The molecule has 0 bridgehead atoms. The summed E-state index contributed by atoms with van der Waals surface area (Å²) in [6, 6.07) is 13.4. The molecule has 30 heavy (non-hydrogen) atoms. The maximum absolute atomic E-state index is 14.0. The number of hydrogen-bond acceptors (Lipinski definition) is 4. The second-order valence-electron chi connectivity index (χ2n) is 8.34. The number of hydrogen-bond donors (Lipinski definition) is 1. The predicted molar refractivity (Wildman–Crippen MR) is 118 cm³/mol. The zero-order chi connectivity index (χ0) is 21.5. The molecule has 2 aliphatic heterocycles. The van der Waals surface area contributed by atoms with Crippen molar-refractivity contribution in [3.63, 3.8) is 0 Å². The maximum Gasteiger partial charge on any atom is 0.309 e. The Morgan fingerprint density at radius 2 is 2.00 bits per heavy atom. The average Bonchev–Trinajstić information content (AvgIpc) is 2.67. The average molecular weight is 425 g/mol. The number of rotatable bonds is 3. The maximum atomic E-state index is 14.0. The van der Waals surface area contributed by atoms with Crippen molar-refractivity contribution in [1.82, 2.24) is 0 Å². The number of esters is 1. The summed E-state index contributed by atoms with van der Waals surface area (Å²) < 4.78 is 19.1. The molecule has 1 fully saturated rings. The number of carbonyl (C=O) groups excluding carboxylic acids is 1. The quantitative estimate of drug-likeness (QED) is 0.666. The highest BCUT2D eigenvalue weighted by molar-refractivity contribution is 8.01.